The molecule has 0 fully saturated rings. The van der Waals surface area contributed by atoms with E-state index in [-0.39, 0.29) is 5.97 Å². The summed E-state index contributed by atoms with van der Waals surface area (Å²) < 4.78 is 10.6. The lowest BCUT2D eigenvalue weighted by molar-refractivity contribution is -0.139. The van der Waals surface area contributed by atoms with Crippen LogP contribution in [0.25, 0.3) is 0 Å². The van der Waals surface area contributed by atoms with Crippen LogP contribution in [0.5, 0.6) is 5.75 Å². The number of unbranched alkanes of at least 4 members (excludes halogenated alkanes) is 3. The fourth-order valence-corrected chi connectivity index (χ4v) is 1.80. The monoisotopic (exact) mass is 330 g/mol. The van der Waals surface area contributed by atoms with Crippen molar-refractivity contribution in [3.05, 3.63) is 42.0 Å². The molecule has 0 aliphatic rings. The van der Waals surface area contributed by atoms with Crippen LogP contribution in [0.3, 0.4) is 0 Å². The number of ether oxygens (including phenoxy) is 2. The zero-order valence-corrected chi connectivity index (χ0v) is 13.8. The third kappa shape index (κ3) is 8.64. The molecule has 1 N–H and O–H groups in total. The summed E-state index contributed by atoms with van der Waals surface area (Å²) in [5, 5.41) is 8.47. The Morgan fingerprint density at radius 3 is 2.29 bits per heavy atom. The van der Waals surface area contributed by atoms with Crippen LogP contribution in [-0.2, 0) is 14.3 Å². The molecular weight excluding hydrogens is 308 g/mol. The van der Waals surface area contributed by atoms with Crippen LogP contribution < -0.4 is 4.74 Å². The van der Waals surface area contributed by atoms with E-state index < -0.39 is 5.97 Å². The summed E-state index contributed by atoms with van der Waals surface area (Å²) in [5.41, 5.74) is 1.05. The maximum Gasteiger partial charge on any atom is 0.382 e. The van der Waals surface area contributed by atoms with E-state index in [2.05, 4.69) is 18.4 Å². The first kappa shape index (κ1) is 19.3. The largest absolute Gasteiger partial charge is 0.494 e. The fraction of sp³-hybridized carbons (Fsp3) is 0.368. The molecule has 1 aromatic carbocycles. The summed E-state index contributed by atoms with van der Waals surface area (Å²) in [5.74, 6) is 3.84. The third-order valence-electron chi connectivity index (χ3n) is 3.06. The van der Waals surface area contributed by atoms with Gasteiger partial charge in [0.2, 0.25) is 0 Å². The Bertz CT molecular complexity index is 619. The van der Waals surface area contributed by atoms with E-state index in [1.54, 1.807) is 31.2 Å². The van der Waals surface area contributed by atoms with E-state index in [1.165, 1.54) is 0 Å². The lowest BCUT2D eigenvalue weighted by Crippen LogP contribution is -2.06. The summed E-state index contributed by atoms with van der Waals surface area (Å²) in [6.07, 6.45) is 3.70. The van der Waals surface area contributed by atoms with Crippen LogP contribution in [-0.4, -0.2) is 30.3 Å². The summed E-state index contributed by atoms with van der Waals surface area (Å²) in [6.45, 7) is 6.18. The Hall–Kier alpha value is -2.74. The van der Waals surface area contributed by atoms with E-state index in [4.69, 9.17) is 14.6 Å². The van der Waals surface area contributed by atoms with Gasteiger partial charge in [-0.3, -0.25) is 0 Å². The second-order valence-corrected chi connectivity index (χ2v) is 5.26. The fourth-order valence-electron chi connectivity index (χ4n) is 1.80. The van der Waals surface area contributed by atoms with Crippen molar-refractivity contribution in [3.8, 4) is 17.6 Å². The summed E-state index contributed by atoms with van der Waals surface area (Å²) in [4.78, 5) is 21.5. The molecular formula is C19H22O5. The lowest BCUT2D eigenvalue weighted by Gasteiger charge is -2.06. The van der Waals surface area contributed by atoms with Gasteiger partial charge in [-0.25, -0.2) is 9.59 Å². The number of carbonyl (C=O) groups is 2. The number of rotatable bonds is 9. The number of carbonyl (C=O) groups excluding carboxylic acids is 1. The van der Waals surface area contributed by atoms with E-state index in [9.17, 15) is 9.59 Å². The van der Waals surface area contributed by atoms with E-state index in [1.807, 2.05) is 0 Å². The quantitative estimate of drug-likeness (QED) is 0.326. The summed E-state index contributed by atoms with van der Waals surface area (Å²) in [7, 11) is 0. The molecule has 5 nitrogen and oxygen atoms in total. The van der Waals surface area contributed by atoms with Crippen molar-refractivity contribution >= 4 is 11.9 Å². The molecule has 1 aromatic rings. The van der Waals surface area contributed by atoms with Gasteiger partial charge in [0, 0.05) is 17.1 Å². The van der Waals surface area contributed by atoms with Gasteiger partial charge in [-0.15, -0.1) is 0 Å². The molecule has 0 amide bonds. The van der Waals surface area contributed by atoms with Crippen molar-refractivity contribution < 1.29 is 24.2 Å². The van der Waals surface area contributed by atoms with Crippen molar-refractivity contribution in [2.75, 3.05) is 13.2 Å². The van der Waals surface area contributed by atoms with Gasteiger partial charge >= 0.3 is 11.9 Å². The Kier molecular flexibility index (Phi) is 8.77. The molecule has 0 bridgehead atoms. The predicted octanol–water partition coefficient (Wildman–Crippen LogP) is 3.18. The number of esters is 1. The first-order valence-corrected chi connectivity index (χ1v) is 7.79. The average Bonchev–Trinajstić information content (AvgIpc) is 2.56. The predicted molar refractivity (Wildman–Crippen MR) is 90.7 cm³/mol. The highest BCUT2D eigenvalue weighted by Crippen LogP contribution is 2.12. The standard InChI is InChI=1S/C19H22O5/c1-15(2)19(22)24-14-6-4-3-5-13-23-17-10-7-16(8-11-17)9-12-18(20)21/h7-8,10-11H,1,3-6,13-14H2,2H3,(H,20,21). The van der Waals surface area contributed by atoms with E-state index >= 15 is 0 Å². The van der Waals surface area contributed by atoms with Crippen molar-refractivity contribution in [3.63, 3.8) is 0 Å². The maximum absolute atomic E-state index is 11.2. The van der Waals surface area contributed by atoms with E-state index in [0.29, 0.717) is 24.4 Å². The highest BCUT2D eigenvalue weighted by molar-refractivity contribution is 5.87. The molecule has 0 aliphatic heterocycles. The normalized spacial score (nSPS) is 9.54. The smallest absolute Gasteiger partial charge is 0.382 e. The van der Waals surface area contributed by atoms with Crippen LogP contribution in [0.4, 0.5) is 0 Å². The van der Waals surface area contributed by atoms with Gasteiger partial charge in [0.15, 0.2) is 0 Å². The Morgan fingerprint density at radius 1 is 1.08 bits per heavy atom. The maximum atomic E-state index is 11.2. The van der Waals surface area contributed by atoms with E-state index in [0.717, 1.165) is 31.4 Å². The molecule has 0 atom stereocenters. The molecule has 1 rings (SSSR count). The first-order chi connectivity index (χ1) is 11.5. The summed E-state index contributed by atoms with van der Waals surface area (Å²) >= 11 is 0. The van der Waals surface area contributed by atoms with Gasteiger partial charge in [-0.2, -0.15) is 0 Å². The Balaban J connectivity index is 2.11. The van der Waals surface area contributed by atoms with Gasteiger partial charge in [0.1, 0.15) is 5.75 Å². The van der Waals surface area contributed by atoms with Crippen molar-refractivity contribution in [1.29, 1.82) is 0 Å². The third-order valence-corrected chi connectivity index (χ3v) is 3.06. The zero-order valence-electron chi connectivity index (χ0n) is 13.8. The highest BCUT2D eigenvalue weighted by Gasteiger charge is 2.01. The molecule has 0 saturated carbocycles. The number of hydrogen-bond acceptors (Lipinski definition) is 4. The SMILES string of the molecule is C=C(C)C(=O)OCCCCCCOc1ccc(C#CC(=O)O)cc1. The van der Waals surface area contributed by atoms with Crippen LogP contribution in [0, 0.1) is 11.8 Å². The van der Waals surface area contributed by atoms with Gasteiger partial charge in [-0.05, 0) is 56.9 Å². The highest BCUT2D eigenvalue weighted by atomic mass is 16.5. The molecule has 0 aliphatic carbocycles. The molecule has 0 saturated heterocycles. The number of benzene rings is 1. The van der Waals surface area contributed by atoms with Crippen molar-refractivity contribution in [2.45, 2.75) is 32.6 Å². The van der Waals surface area contributed by atoms with Crippen LogP contribution >= 0.6 is 0 Å². The molecule has 5 heteroatoms. The van der Waals surface area contributed by atoms with Crippen LogP contribution in [0.1, 0.15) is 38.2 Å². The number of carboxylic acid groups (broad SMARTS) is 1. The Labute approximate surface area is 142 Å². The van der Waals surface area contributed by atoms with Gasteiger partial charge in [-0.1, -0.05) is 12.5 Å². The number of hydrogen-bond donors (Lipinski definition) is 1. The van der Waals surface area contributed by atoms with Crippen molar-refractivity contribution in [1.82, 2.24) is 0 Å². The van der Waals surface area contributed by atoms with Crippen LogP contribution in [0.2, 0.25) is 0 Å². The zero-order chi connectivity index (χ0) is 17.8. The molecule has 128 valence electrons. The first-order valence-electron chi connectivity index (χ1n) is 7.79. The van der Waals surface area contributed by atoms with Gasteiger partial charge in [0.25, 0.3) is 0 Å². The minimum absolute atomic E-state index is 0.338. The number of aliphatic carboxylic acids is 1. The van der Waals surface area contributed by atoms with Crippen molar-refractivity contribution in [2.24, 2.45) is 0 Å². The minimum Gasteiger partial charge on any atom is -0.494 e. The Morgan fingerprint density at radius 2 is 1.71 bits per heavy atom. The lowest BCUT2D eigenvalue weighted by atomic mass is 10.2. The average molecular weight is 330 g/mol. The number of carboxylic acids is 1. The molecule has 0 unspecified atom stereocenters. The van der Waals surface area contributed by atoms with Crippen LogP contribution in [0.15, 0.2) is 36.4 Å². The summed E-state index contributed by atoms with van der Waals surface area (Å²) in [6, 6.07) is 6.98. The van der Waals surface area contributed by atoms with Gasteiger partial charge in [0.05, 0.1) is 13.2 Å². The van der Waals surface area contributed by atoms with Gasteiger partial charge < -0.3 is 14.6 Å². The second kappa shape index (κ2) is 10.9. The molecule has 0 heterocycles. The molecule has 0 aromatic heterocycles. The topological polar surface area (TPSA) is 72.8 Å². The molecule has 0 radical (unpaired) electrons. The molecule has 0 spiro atoms. The minimum atomic E-state index is -1.15. The second-order valence-electron chi connectivity index (χ2n) is 5.26. The molecule has 24 heavy (non-hydrogen) atoms.